The number of thiazole rings is 1. The summed E-state index contributed by atoms with van der Waals surface area (Å²) in [7, 11) is 0. The Morgan fingerprint density at radius 2 is 2.29 bits per heavy atom. The van der Waals surface area contributed by atoms with Gasteiger partial charge in [-0.2, -0.15) is 0 Å². The molecule has 1 atom stereocenters. The van der Waals surface area contributed by atoms with Gasteiger partial charge in [0.05, 0.1) is 11.1 Å². The lowest BCUT2D eigenvalue weighted by molar-refractivity contribution is 0.0493. The number of aromatic nitrogens is 1. The van der Waals surface area contributed by atoms with E-state index in [9.17, 15) is 5.11 Å². The second kappa shape index (κ2) is 5.47. The molecule has 0 aliphatic heterocycles. The second-order valence-corrected chi connectivity index (χ2v) is 5.07. The summed E-state index contributed by atoms with van der Waals surface area (Å²) in [5.41, 5.74) is 1.26. The molecule has 1 aromatic rings. The van der Waals surface area contributed by atoms with E-state index in [-0.39, 0.29) is 0 Å². The van der Waals surface area contributed by atoms with Crippen molar-refractivity contribution < 1.29 is 5.11 Å². The van der Waals surface area contributed by atoms with Crippen LogP contribution in [-0.4, -0.2) is 15.7 Å². The normalized spacial score (nSPS) is 15.4. The first-order valence-corrected chi connectivity index (χ1v) is 6.12. The van der Waals surface area contributed by atoms with E-state index in [0.717, 1.165) is 19.3 Å². The van der Waals surface area contributed by atoms with Crippen molar-refractivity contribution in [3.63, 3.8) is 0 Å². The van der Waals surface area contributed by atoms with E-state index in [4.69, 9.17) is 0 Å². The standard InChI is InChI=1S/C11H19NOS/c1-3-4-5-6-11(2,13)7-10-8-12-9-14-10/h8-9,13H,3-7H2,1-2H3. The van der Waals surface area contributed by atoms with Crippen LogP contribution in [0, 0.1) is 0 Å². The highest BCUT2D eigenvalue weighted by Gasteiger charge is 2.20. The van der Waals surface area contributed by atoms with Crippen LogP contribution in [0.25, 0.3) is 0 Å². The molecule has 80 valence electrons. The molecule has 0 radical (unpaired) electrons. The number of rotatable bonds is 6. The van der Waals surface area contributed by atoms with E-state index in [0.29, 0.717) is 0 Å². The average molecular weight is 213 g/mol. The average Bonchev–Trinajstić information content (AvgIpc) is 2.56. The first-order valence-electron chi connectivity index (χ1n) is 5.24. The third-order valence-corrected chi connectivity index (χ3v) is 3.14. The molecule has 14 heavy (non-hydrogen) atoms. The molecule has 0 bridgehead atoms. The van der Waals surface area contributed by atoms with Crippen molar-refractivity contribution in [1.82, 2.24) is 4.98 Å². The molecule has 0 saturated carbocycles. The van der Waals surface area contributed by atoms with Gasteiger partial charge in [0.25, 0.3) is 0 Å². The van der Waals surface area contributed by atoms with Crippen molar-refractivity contribution in [3.8, 4) is 0 Å². The summed E-state index contributed by atoms with van der Waals surface area (Å²) in [6.45, 7) is 4.10. The van der Waals surface area contributed by atoms with Gasteiger partial charge in [0, 0.05) is 17.5 Å². The first-order chi connectivity index (χ1) is 6.64. The fourth-order valence-corrected chi connectivity index (χ4v) is 2.32. The molecule has 0 amide bonds. The molecule has 0 spiro atoms. The van der Waals surface area contributed by atoms with Gasteiger partial charge in [-0.05, 0) is 13.3 Å². The SMILES string of the molecule is CCCCCC(C)(O)Cc1cncs1. The summed E-state index contributed by atoms with van der Waals surface area (Å²) in [6, 6.07) is 0. The number of aliphatic hydroxyl groups is 1. The van der Waals surface area contributed by atoms with E-state index >= 15 is 0 Å². The summed E-state index contributed by atoms with van der Waals surface area (Å²) < 4.78 is 0. The molecule has 1 aromatic heterocycles. The molecule has 1 rings (SSSR count). The Hall–Kier alpha value is -0.410. The number of unbranched alkanes of at least 4 members (excludes halogenated alkanes) is 2. The Morgan fingerprint density at radius 3 is 2.86 bits per heavy atom. The Labute approximate surface area is 90.0 Å². The highest BCUT2D eigenvalue weighted by molar-refractivity contribution is 7.09. The van der Waals surface area contributed by atoms with E-state index in [1.807, 2.05) is 18.6 Å². The molecule has 1 heterocycles. The van der Waals surface area contributed by atoms with Gasteiger partial charge in [-0.25, -0.2) is 0 Å². The highest BCUT2D eigenvalue weighted by Crippen LogP contribution is 2.21. The van der Waals surface area contributed by atoms with Gasteiger partial charge in [-0.1, -0.05) is 26.2 Å². The van der Waals surface area contributed by atoms with Crippen LogP contribution in [0.5, 0.6) is 0 Å². The molecule has 0 aromatic carbocycles. The summed E-state index contributed by atoms with van der Waals surface area (Å²) in [5.74, 6) is 0. The predicted molar refractivity (Wildman–Crippen MR) is 60.6 cm³/mol. The summed E-state index contributed by atoms with van der Waals surface area (Å²) in [5, 5.41) is 10.1. The van der Waals surface area contributed by atoms with Crippen molar-refractivity contribution in [2.75, 3.05) is 0 Å². The van der Waals surface area contributed by atoms with Crippen LogP contribution in [0.2, 0.25) is 0 Å². The zero-order chi connectivity index (χ0) is 10.4. The number of hydrogen-bond acceptors (Lipinski definition) is 3. The van der Waals surface area contributed by atoms with Crippen LogP contribution in [0.15, 0.2) is 11.7 Å². The van der Waals surface area contributed by atoms with Crippen LogP contribution < -0.4 is 0 Å². The van der Waals surface area contributed by atoms with Crippen molar-refractivity contribution in [3.05, 3.63) is 16.6 Å². The molecule has 0 fully saturated rings. The van der Waals surface area contributed by atoms with Crippen LogP contribution >= 0.6 is 11.3 Å². The lowest BCUT2D eigenvalue weighted by atomic mass is 9.94. The molecular formula is C11H19NOS. The maximum Gasteiger partial charge on any atom is 0.0794 e. The molecule has 2 nitrogen and oxygen atoms in total. The van der Waals surface area contributed by atoms with Crippen LogP contribution in [0.1, 0.15) is 44.4 Å². The fraction of sp³-hybridized carbons (Fsp3) is 0.727. The second-order valence-electron chi connectivity index (χ2n) is 4.10. The van der Waals surface area contributed by atoms with Gasteiger partial charge in [0.2, 0.25) is 0 Å². The van der Waals surface area contributed by atoms with Crippen molar-refractivity contribution in [2.24, 2.45) is 0 Å². The molecular weight excluding hydrogens is 194 g/mol. The predicted octanol–water partition coefficient (Wildman–Crippen LogP) is 3.02. The van der Waals surface area contributed by atoms with Crippen LogP contribution in [0.4, 0.5) is 0 Å². The maximum atomic E-state index is 10.1. The quantitative estimate of drug-likeness (QED) is 0.737. The number of nitrogens with zero attached hydrogens (tertiary/aromatic N) is 1. The van der Waals surface area contributed by atoms with Gasteiger partial charge in [0.1, 0.15) is 0 Å². The third-order valence-electron chi connectivity index (χ3n) is 2.36. The monoisotopic (exact) mass is 213 g/mol. The van der Waals surface area contributed by atoms with Crippen LogP contribution in [0.3, 0.4) is 0 Å². The smallest absolute Gasteiger partial charge is 0.0794 e. The minimum Gasteiger partial charge on any atom is -0.390 e. The minimum absolute atomic E-state index is 0.554. The maximum absolute atomic E-state index is 10.1. The third kappa shape index (κ3) is 4.20. The Kier molecular flexibility index (Phi) is 4.55. The Bertz CT molecular complexity index is 244. The molecule has 0 saturated heterocycles. The van der Waals surface area contributed by atoms with Gasteiger partial charge in [-0.15, -0.1) is 11.3 Å². The van der Waals surface area contributed by atoms with Gasteiger partial charge >= 0.3 is 0 Å². The summed E-state index contributed by atoms with van der Waals surface area (Å²) in [4.78, 5) is 5.18. The molecule has 1 N–H and O–H groups in total. The lowest BCUT2D eigenvalue weighted by Gasteiger charge is -2.22. The Morgan fingerprint density at radius 1 is 1.50 bits per heavy atom. The number of hydrogen-bond donors (Lipinski definition) is 1. The molecule has 3 heteroatoms. The summed E-state index contributed by atoms with van der Waals surface area (Å²) >= 11 is 1.62. The zero-order valence-electron chi connectivity index (χ0n) is 8.99. The van der Waals surface area contributed by atoms with Gasteiger partial charge in [0.15, 0.2) is 0 Å². The zero-order valence-corrected chi connectivity index (χ0v) is 9.81. The van der Waals surface area contributed by atoms with E-state index in [2.05, 4.69) is 11.9 Å². The fourth-order valence-electron chi connectivity index (χ4n) is 1.55. The van der Waals surface area contributed by atoms with Crippen molar-refractivity contribution >= 4 is 11.3 Å². The molecule has 0 aliphatic carbocycles. The largest absolute Gasteiger partial charge is 0.390 e. The van der Waals surface area contributed by atoms with Crippen molar-refractivity contribution in [2.45, 2.75) is 51.6 Å². The van der Waals surface area contributed by atoms with Gasteiger partial charge in [-0.3, -0.25) is 4.98 Å². The highest BCUT2D eigenvalue weighted by atomic mass is 32.1. The minimum atomic E-state index is -0.554. The topological polar surface area (TPSA) is 33.1 Å². The van der Waals surface area contributed by atoms with Crippen molar-refractivity contribution in [1.29, 1.82) is 0 Å². The van der Waals surface area contributed by atoms with E-state index in [1.54, 1.807) is 11.3 Å². The van der Waals surface area contributed by atoms with Crippen LogP contribution in [-0.2, 0) is 6.42 Å². The summed E-state index contributed by atoms with van der Waals surface area (Å²) in [6.07, 6.45) is 7.00. The van der Waals surface area contributed by atoms with E-state index < -0.39 is 5.60 Å². The molecule has 0 aliphatic rings. The lowest BCUT2D eigenvalue weighted by Crippen LogP contribution is -2.26. The molecule has 1 unspecified atom stereocenters. The van der Waals surface area contributed by atoms with Gasteiger partial charge < -0.3 is 5.11 Å². The first kappa shape index (κ1) is 11.7. The van der Waals surface area contributed by atoms with E-state index in [1.165, 1.54) is 17.7 Å². The Balaban J connectivity index is 2.33.